The summed E-state index contributed by atoms with van der Waals surface area (Å²) in [5, 5.41) is 10.7. The summed E-state index contributed by atoms with van der Waals surface area (Å²) < 4.78 is 0. The minimum Gasteiger partial charge on any atom is -0.389 e. The molecule has 3 N–H and O–H groups in total. The van der Waals surface area contributed by atoms with Gasteiger partial charge in [0.15, 0.2) is 0 Å². The predicted molar refractivity (Wildman–Crippen MR) is 79.4 cm³/mol. The Balaban J connectivity index is 2.39. The third-order valence-corrected chi connectivity index (χ3v) is 3.77. The Morgan fingerprint density at radius 2 is 2.28 bits per heavy atom. The highest BCUT2D eigenvalue weighted by atomic mass is 35.5. The van der Waals surface area contributed by atoms with Gasteiger partial charge in [-0.05, 0) is 31.9 Å². The number of hydrogen-bond acceptors (Lipinski definition) is 3. The van der Waals surface area contributed by atoms with E-state index in [0.717, 1.165) is 25.1 Å². The quantitative estimate of drug-likeness (QED) is 0.819. The molecule has 0 radical (unpaired) electrons. The van der Waals surface area contributed by atoms with E-state index in [9.17, 15) is 5.11 Å². The van der Waals surface area contributed by atoms with Gasteiger partial charge in [0.25, 0.3) is 0 Å². The molecule has 1 aromatic carbocycles. The van der Waals surface area contributed by atoms with Crippen LogP contribution >= 0.6 is 23.8 Å². The molecular weight excluding hydrogens is 268 g/mol. The number of nitrogens with zero attached hydrogens (tertiary/aromatic N) is 1. The van der Waals surface area contributed by atoms with E-state index < -0.39 is 5.60 Å². The average molecular weight is 285 g/mol. The zero-order chi connectivity index (χ0) is 13.3. The summed E-state index contributed by atoms with van der Waals surface area (Å²) in [4.78, 5) is 2.39. The lowest BCUT2D eigenvalue weighted by Gasteiger charge is -2.39. The SMILES string of the molecule is CC1(O)CCCN(c2cccc(Cl)c2C(N)=S)C1. The molecule has 3 nitrogen and oxygen atoms in total. The second-order valence-corrected chi connectivity index (χ2v) is 5.87. The fraction of sp³-hybridized carbons (Fsp3) is 0.462. The van der Waals surface area contributed by atoms with Gasteiger partial charge in [-0.3, -0.25) is 0 Å². The first-order chi connectivity index (χ1) is 8.41. The molecule has 0 spiro atoms. The molecule has 2 rings (SSSR count). The lowest BCUT2D eigenvalue weighted by molar-refractivity contribution is 0.0449. The van der Waals surface area contributed by atoms with Crippen LogP contribution in [-0.2, 0) is 0 Å². The van der Waals surface area contributed by atoms with E-state index >= 15 is 0 Å². The molecule has 0 bridgehead atoms. The largest absolute Gasteiger partial charge is 0.389 e. The lowest BCUT2D eigenvalue weighted by atomic mass is 9.94. The summed E-state index contributed by atoms with van der Waals surface area (Å²) >= 11 is 11.2. The summed E-state index contributed by atoms with van der Waals surface area (Å²) in [5.74, 6) is 0. The highest BCUT2D eigenvalue weighted by Gasteiger charge is 2.30. The molecule has 1 aromatic rings. The molecule has 18 heavy (non-hydrogen) atoms. The molecule has 0 aliphatic carbocycles. The Morgan fingerprint density at radius 1 is 1.56 bits per heavy atom. The number of anilines is 1. The summed E-state index contributed by atoms with van der Waals surface area (Å²) in [6.07, 6.45) is 1.75. The molecule has 0 saturated carbocycles. The molecule has 1 saturated heterocycles. The van der Waals surface area contributed by atoms with Crippen molar-refractivity contribution in [3.63, 3.8) is 0 Å². The van der Waals surface area contributed by atoms with Gasteiger partial charge >= 0.3 is 0 Å². The van der Waals surface area contributed by atoms with Gasteiger partial charge in [-0.15, -0.1) is 0 Å². The summed E-state index contributed by atoms with van der Waals surface area (Å²) in [5.41, 5.74) is 6.69. The molecular formula is C13H17ClN2OS. The van der Waals surface area contributed by atoms with Crippen molar-refractivity contribution < 1.29 is 5.11 Å². The van der Waals surface area contributed by atoms with Crippen molar-refractivity contribution in [1.82, 2.24) is 0 Å². The predicted octanol–water partition coefficient (Wildman–Crippen LogP) is 2.33. The highest BCUT2D eigenvalue weighted by Crippen LogP contribution is 2.31. The van der Waals surface area contributed by atoms with Crippen molar-refractivity contribution in [3.05, 3.63) is 28.8 Å². The van der Waals surface area contributed by atoms with E-state index in [1.54, 1.807) is 6.07 Å². The first kappa shape index (κ1) is 13.6. The molecule has 0 aromatic heterocycles. The number of rotatable bonds is 2. The van der Waals surface area contributed by atoms with Gasteiger partial charge in [-0.25, -0.2) is 0 Å². The normalized spacial score (nSPS) is 24.1. The number of nitrogens with two attached hydrogens (primary N) is 1. The van der Waals surface area contributed by atoms with E-state index in [4.69, 9.17) is 29.6 Å². The first-order valence-corrected chi connectivity index (χ1v) is 6.75. The molecule has 98 valence electrons. The van der Waals surface area contributed by atoms with E-state index in [2.05, 4.69) is 4.90 Å². The van der Waals surface area contributed by atoms with Crippen molar-refractivity contribution in [2.75, 3.05) is 18.0 Å². The average Bonchev–Trinajstić information content (AvgIpc) is 2.26. The number of thiocarbonyl (C=S) groups is 1. The molecule has 1 atom stereocenters. The third kappa shape index (κ3) is 2.76. The topological polar surface area (TPSA) is 49.5 Å². The molecule has 5 heteroatoms. The van der Waals surface area contributed by atoms with Crippen molar-refractivity contribution in [3.8, 4) is 0 Å². The van der Waals surface area contributed by atoms with Crippen LogP contribution < -0.4 is 10.6 Å². The Morgan fingerprint density at radius 3 is 2.89 bits per heavy atom. The maximum atomic E-state index is 10.2. The van der Waals surface area contributed by atoms with Gasteiger partial charge in [0, 0.05) is 18.8 Å². The van der Waals surface area contributed by atoms with E-state index in [1.165, 1.54) is 0 Å². The van der Waals surface area contributed by atoms with Crippen LogP contribution in [0.5, 0.6) is 0 Å². The minimum absolute atomic E-state index is 0.292. The van der Waals surface area contributed by atoms with Gasteiger partial charge in [0.1, 0.15) is 4.99 Å². The molecule has 1 aliphatic heterocycles. The highest BCUT2D eigenvalue weighted by molar-refractivity contribution is 7.80. The number of benzene rings is 1. The van der Waals surface area contributed by atoms with Gasteiger partial charge in [0.2, 0.25) is 0 Å². The molecule has 1 aliphatic rings. The van der Waals surface area contributed by atoms with Gasteiger partial charge in [-0.2, -0.15) is 0 Å². The fourth-order valence-corrected chi connectivity index (χ4v) is 2.99. The summed E-state index contributed by atoms with van der Waals surface area (Å²) in [7, 11) is 0. The zero-order valence-electron chi connectivity index (χ0n) is 10.3. The standard InChI is InChI=1S/C13H17ClN2OS/c1-13(17)6-3-7-16(8-13)10-5-2-4-9(14)11(10)12(15)18/h2,4-5,17H,3,6-8H2,1H3,(H2,15,18). The Kier molecular flexibility index (Phi) is 3.80. The molecule has 1 unspecified atom stereocenters. The van der Waals surface area contributed by atoms with Crippen molar-refractivity contribution in [2.24, 2.45) is 5.73 Å². The van der Waals surface area contributed by atoms with Crippen LogP contribution in [0.4, 0.5) is 5.69 Å². The van der Waals surface area contributed by atoms with Gasteiger partial charge < -0.3 is 15.7 Å². The summed E-state index contributed by atoms with van der Waals surface area (Å²) in [6.45, 7) is 3.30. The number of aliphatic hydroxyl groups is 1. The maximum Gasteiger partial charge on any atom is 0.107 e. The summed E-state index contributed by atoms with van der Waals surface area (Å²) in [6, 6.07) is 5.60. The van der Waals surface area contributed by atoms with Crippen LogP contribution in [0.3, 0.4) is 0 Å². The second kappa shape index (κ2) is 5.03. The minimum atomic E-state index is -0.673. The molecule has 1 fully saturated rings. The van der Waals surface area contributed by atoms with E-state index in [-0.39, 0.29) is 0 Å². The Bertz CT molecular complexity index is 476. The van der Waals surface area contributed by atoms with E-state index in [0.29, 0.717) is 22.1 Å². The van der Waals surface area contributed by atoms with E-state index in [1.807, 2.05) is 19.1 Å². The van der Waals surface area contributed by atoms with Crippen LogP contribution in [0.25, 0.3) is 0 Å². The van der Waals surface area contributed by atoms with Crippen LogP contribution in [-0.4, -0.2) is 28.8 Å². The molecule has 0 amide bonds. The lowest BCUT2D eigenvalue weighted by Crippen LogP contribution is -2.46. The number of halogens is 1. The first-order valence-electron chi connectivity index (χ1n) is 5.96. The molecule has 1 heterocycles. The van der Waals surface area contributed by atoms with Crippen LogP contribution in [0.2, 0.25) is 5.02 Å². The van der Waals surface area contributed by atoms with Crippen LogP contribution in [0, 0.1) is 0 Å². The number of β-amino-alcohol motifs (C(OH)–C–C–N with tert-alkyl or cyclic N) is 1. The number of hydrogen-bond donors (Lipinski definition) is 2. The van der Waals surface area contributed by atoms with Crippen LogP contribution in [0.15, 0.2) is 18.2 Å². The van der Waals surface area contributed by atoms with Crippen molar-refractivity contribution in [2.45, 2.75) is 25.4 Å². The third-order valence-electron chi connectivity index (χ3n) is 3.25. The Hall–Kier alpha value is -0.840. The zero-order valence-corrected chi connectivity index (χ0v) is 11.9. The van der Waals surface area contributed by atoms with Crippen molar-refractivity contribution >= 4 is 34.5 Å². The second-order valence-electron chi connectivity index (χ2n) is 5.02. The Labute approximate surface area is 118 Å². The van der Waals surface area contributed by atoms with Crippen LogP contribution in [0.1, 0.15) is 25.3 Å². The van der Waals surface area contributed by atoms with Gasteiger partial charge in [0.05, 0.1) is 16.2 Å². The fourth-order valence-electron chi connectivity index (χ4n) is 2.45. The monoisotopic (exact) mass is 284 g/mol. The number of piperidine rings is 1. The van der Waals surface area contributed by atoms with Crippen molar-refractivity contribution in [1.29, 1.82) is 0 Å². The maximum absolute atomic E-state index is 10.2. The smallest absolute Gasteiger partial charge is 0.107 e. The van der Waals surface area contributed by atoms with Gasteiger partial charge in [-0.1, -0.05) is 29.9 Å².